The largest absolute Gasteiger partial charge is 0.354 e. The molecule has 0 radical (unpaired) electrons. The molecule has 3 rings (SSSR count). The maximum Gasteiger partial charge on any atom is 0.258 e. The molecule has 144 valence electrons. The van der Waals surface area contributed by atoms with E-state index in [9.17, 15) is 14.4 Å². The number of fused-ring (bicyclic) bond motifs is 1. The standard InChI is InChI=1S/C21H27N3O3/c1-2-17-8-5-6-13-24(17)20(26)10-12-22-19(25)15-23-14-11-16-7-3-4-9-18(16)21(23)27/h3-4,7,9,11,14,17H,2,5-6,8,10,12-13,15H2,1H3,(H,22,25)/t17-/m0/s1. The number of hydrogen-bond donors (Lipinski definition) is 1. The lowest BCUT2D eigenvalue weighted by molar-refractivity contribution is -0.134. The van der Waals surface area contributed by atoms with Crippen LogP contribution in [-0.2, 0) is 16.1 Å². The van der Waals surface area contributed by atoms with Crippen LogP contribution in [0.5, 0.6) is 0 Å². The maximum atomic E-state index is 12.4. The van der Waals surface area contributed by atoms with E-state index in [-0.39, 0.29) is 23.9 Å². The van der Waals surface area contributed by atoms with Crippen molar-refractivity contribution < 1.29 is 9.59 Å². The van der Waals surface area contributed by atoms with Gasteiger partial charge in [-0.2, -0.15) is 0 Å². The van der Waals surface area contributed by atoms with Crippen LogP contribution >= 0.6 is 0 Å². The Morgan fingerprint density at radius 1 is 1.19 bits per heavy atom. The summed E-state index contributed by atoms with van der Waals surface area (Å²) in [4.78, 5) is 39.0. The van der Waals surface area contributed by atoms with Gasteiger partial charge in [-0.1, -0.05) is 25.1 Å². The van der Waals surface area contributed by atoms with Crippen molar-refractivity contribution in [3.05, 3.63) is 46.9 Å². The molecule has 2 aromatic rings. The Bertz CT molecular complexity index is 874. The van der Waals surface area contributed by atoms with Gasteiger partial charge in [0.15, 0.2) is 0 Å². The third kappa shape index (κ3) is 4.56. The van der Waals surface area contributed by atoms with E-state index in [0.29, 0.717) is 24.4 Å². The highest BCUT2D eigenvalue weighted by Crippen LogP contribution is 2.20. The van der Waals surface area contributed by atoms with Crippen molar-refractivity contribution in [2.45, 2.75) is 51.6 Å². The maximum absolute atomic E-state index is 12.4. The van der Waals surface area contributed by atoms with Gasteiger partial charge in [0.1, 0.15) is 6.54 Å². The van der Waals surface area contributed by atoms with E-state index >= 15 is 0 Å². The lowest BCUT2D eigenvalue weighted by Gasteiger charge is -2.35. The zero-order valence-electron chi connectivity index (χ0n) is 15.8. The van der Waals surface area contributed by atoms with Crippen LogP contribution in [0, 0.1) is 0 Å². The zero-order valence-corrected chi connectivity index (χ0v) is 15.8. The summed E-state index contributed by atoms with van der Waals surface area (Å²) in [5, 5.41) is 4.22. The Kier molecular flexibility index (Phi) is 6.27. The number of carbonyl (C=O) groups excluding carboxylic acids is 2. The Labute approximate surface area is 159 Å². The second-order valence-electron chi connectivity index (χ2n) is 7.08. The summed E-state index contributed by atoms with van der Waals surface area (Å²) in [6.07, 6.45) is 6.21. The van der Waals surface area contributed by atoms with Crippen LogP contribution in [0.25, 0.3) is 10.8 Å². The van der Waals surface area contributed by atoms with Gasteiger partial charge in [0, 0.05) is 37.1 Å². The van der Waals surface area contributed by atoms with Crippen LogP contribution in [-0.4, -0.2) is 40.4 Å². The molecule has 1 saturated heterocycles. The first kappa shape index (κ1) is 19.1. The number of likely N-dealkylation sites (tertiary alicyclic amines) is 1. The first-order valence-electron chi connectivity index (χ1n) is 9.74. The van der Waals surface area contributed by atoms with Crippen LogP contribution in [0.3, 0.4) is 0 Å². The van der Waals surface area contributed by atoms with E-state index < -0.39 is 0 Å². The number of aromatic nitrogens is 1. The highest BCUT2D eigenvalue weighted by atomic mass is 16.2. The quantitative estimate of drug-likeness (QED) is 0.849. The topological polar surface area (TPSA) is 71.4 Å². The van der Waals surface area contributed by atoms with E-state index in [1.807, 2.05) is 29.2 Å². The van der Waals surface area contributed by atoms with Gasteiger partial charge in [-0.05, 0) is 43.2 Å². The summed E-state index contributed by atoms with van der Waals surface area (Å²) >= 11 is 0. The fourth-order valence-electron chi connectivity index (χ4n) is 3.77. The van der Waals surface area contributed by atoms with Crippen molar-refractivity contribution in [3.63, 3.8) is 0 Å². The fourth-order valence-corrected chi connectivity index (χ4v) is 3.77. The summed E-state index contributed by atoms with van der Waals surface area (Å²) < 4.78 is 1.40. The number of carbonyl (C=O) groups is 2. The summed E-state index contributed by atoms with van der Waals surface area (Å²) in [5.41, 5.74) is -0.182. The van der Waals surface area contributed by atoms with Crippen LogP contribution in [0.1, 0.15) is 39.0 Å². The number of hydrogen-bond acceptors (Lipinski definition) is 3. The Hall–Kier alpha value is -2.63. The van der Waals surface area contributed by atoms with Gasteiger partial charge in [0.2, 0.25) is 11.8 Å². The monoisotopic (exact) mass is 369 g/mol. The number of piperidine rings is 1. The van der Waals surface area contributed by atoms with Gasteiger partial charge in [-0.15, -0.1) is 0 Å². The van der Waals surface area contributed by atoms with Crippen LogP contribution < -0.4 is 10.9 Å². The van der Waals surface area contributed by atoms with Gasteiger partial charge < -0.3 is 14.8 Å². The third-order valence-electron chi connectivity index (χ3n) is 5.28. The lowest BCUT2D eigenvalue weighted by Crippen LogP contribution is -2.44. The molecule has 6 nitrogen and oxygen atoms in total. The second-order valence-corrected chi connectivity index (χ2v) is 7.08. The number of pyridine rings is 1. The van der Waals surface area contributed by atoms with Crippen molar-refractivity contribution >= 4 is 22.6 Å². The molecule has 2 heterocycles. The molecule has 1 fully saturated rings. The average molecular weight is 369 g/mol. The van der Waals surface area contributed by atoms with Gasteiger partial charge >= 0.3 is 0 Å². The molecule has 1 aliphatic heterocycles. The molecule has 1 N–H and O–H groups in total. The number of nitrogens with zero attached hydrogens (tertiary/aromatic N) is 2. The summed E-state index contributed by atoms with van der Waals surface area (Å²) in [6, 6.07) is 9.47. The zero-order chi connectivity index (χ0) is 19.2. The van der Waals surface area contributed by atoms with E-state index in [4.69, 9.17) is 0 Å². The van der Waals surface area contributed by atoms with Crippen molar-refractivity contribution in [3.8, 4) is 0 Å². The van der Waals surface area contributed by atoms with E-state index in [1.165, 1.54) is 11.0 Å². The van der Waals surface area contributed by atoms with Gasteiger partial charge in [0.05, 0.1) is 0 Å². The van der Waals surface area contributed by atoms with Crippen molar-refractivity contribution in [1.82, 2.24) is 14.8 Å². The predicted octanol–water partition coefficient (Wildman–Crippen LogP) is 2.30. The average Bonchev–Trinajstić information content (AvgIpc) is 2.70. The molecule has 0 saturated carbocycles. The summed E-state index contributed by atoms with van der Waals surface area (Å²) in [7, 11) is 0. The van der Waals surface area contributed by atoms with E-state index in [0.717, 1.165) is 31.2 Å². The minimum absolute atomic E-state index is 0.0425. The second kappa shape index (κ2) is 8.84. The van der Waals surface area contributed by atoms with Gasteiger partial charge in [-0.3, -0.25) is 14.4 Å². The number of nitrogens with one attached hydrogen (secondary N) is 1. The Balaban J connectivity index is 1.52. The summed E-state index contributed by atoms with van der Waals surface area (Å²) in [5.74, 6) is -0.157. The molecule has 27 heavy (non-hydrogen) atoms. The minimum Gasteiger partial charge on any atom is -0.354 e. The van der Waals surface area contributed by atoms with Crippen LogP contribution in [0.4, 0.5) is 0 Å². The number of rotatable bonds is 6. The van der Waals surface area contributed by atoms with Crippen LogP contribution in [0.15, 0.2) is 41.3 Å². The normalized spacial score (nSPS) is 17.1. The number of amides is 2. The summed E-state index contributed by atoms with van der Waals surface area (Å²) in [6.45, 7) is 3.18. The van der Waals surface area contributed by atoms with Crippen molar-refractivity contribution in [2.75, 3.05) is 13.1 Å². The van der Waals surface area contributed by atoms with E-state index in [1.54, 1.807) is 12.3 Å². The predicted molar refractivity (Wildman–Crippen MR) is 105 cm³/mol. The van der Waals surface area contributed by atoms with Crippen molar-refractivity contribution in [2.24, 2.45) is 0 Å². The Morgan fingerprint density at radius 3 is 2.81 bits per heavy atom. The fraction of sp³-hybridized carbons (Fsp3) is 0.476. The minimum atomic E-state index is -0.258. The van der Waals surface area contributed by atoms with Crippen LogP contribution in [0.2, 0.25) is 0 Å². The molecular formula is C21H27N3O3. The smallest absolute Gasteiger partial charge is 0.258 e. The Morgan fingerprint density at radius 2 is 2.00 bits per heavy atom. The molecular weight excluding hydrogens is 342 g/mol. The molecule has 1 atom stereocenters. The molecule has 0 bridgehead atoms. The first-order valence-corrected chi connectivity index (χ1v) is 9.74. The lowest BCUT2D eigenvalue weighted by atomic mass is 9.99. The molecule has 0 spiro atoms. The van der Waals surface area contributed by atoms with E-state index in [2.05, 4.69) is 12.2 Å². The first-order chi connectivity index (χ1) is 13.1. The van der Waals surface area contributed by atoms with Crippen molar-refractivity contribution in [1.29, 1.82) is 0 Å². The SMILES string of the molecule is CC[C@H]1CCCCN1C(=O)CCNC(=O)Cn1ccc2ccccc2c1=O. The number of benzene rings is 1. The third-order valence-corrected chi connectivity index (χ3v) is 5.28. The molecule has 2 amide bonds. The molecule has 1 aromatic heterocycles. The van der Waals surface area contributed by atoms with Gasteiger partial charge in [0.25, 0.3) is 5.56 Å². The molecule has 0 aliphatic carbocycles. The highest BCUT2D eigenvalue weighted by molar-refractivity contribution is 5.82. The highest BCUT2D eigenvalue weighted by Gasteiger charge is 2.24. The molecule has 6 heteroatoms. The molecule has 1 aromatic carbocycles. The molecule has 1 aliphatic rings. The molecule has 0 unspecified atom stereocenters. The van der Waals surface area contributed by atoms with Gasteiger partial charge in [-0.25, -0.2) is 0 Å².